The van der Waals surface area contributed by atoms with E-state index in [1.807, 2.05) is 25.1 Å². The van der Waals surface area contributed by atoms with Crippen LogP contribution in [0.25, 0.3) is 10.2 Å². The molecule has 0 unspecified atom stereocenters. The number of para-hydroxylation sites is 1. The van der Waals surface area contributed by atoms with Gasteiger partial charge in [-0.05, 0) is 36.8 Å². The second kappa shape index (κ2) is 9.55. The van der Waals surface area contributed by atoms with Gasteiger partial charge in [-0.3, -0.25) is 14.6 Å². The molecule has 0 radical (unpaired) electrons. The van der Waals surface area contributed by atoms with Gasteiger partial charge in [-0.1, -0.05) is 18.2 Å². The Balaban J connectivity index is 1.28. The van der Waals surface area contributed by atoms with Gasteiger partial charge in [0.2, 0.25) is 5.91 Å². The molecule has 7 nitrogen and oxygen atoms in total. The smallest absolute Gasteiger partial charge is 0.337 e. The number of piperazine rings is 1. The van der Waals surface area contributed by atoms with E-state index in [2.05, 4.69) is 27.2 Å². The number of esters is 1. The van der Waals surface area contributed by atoms with Crippen LogP contribution in [0.1, 0.15) is 20.9 Å². The number of hydrogen-bond donors (Lipinski definition) is 1. The highest BCUT2D eigenvalue weighted by Crippen LogP contribution is 2.23. The van der Waals surface area contributed by atoms with E-state index in [9.17, 15) is 9.59 Å². The predicted molar refractivity (Wildman–Crippen MR) is 122 cm³/mol. The molecular weight excluding hydrogens is 412 g/mol. The maximum Gasteiger partial charge on any atom is 0.337 e. The van der Waals surface area contributed by atoms with Gasteiger partial charge in [-0.25, -0.2) is 9.78 Å². The third kappa shape index (κ3) is 5.28. The minimum absolute atomic E-state index is 0.0789. The Morgan fingerprint density at radius 2 is 1.84 bits per heavy atom. The van der Waals surface area contributed by atoms with Gasteiger partial charge in [-0.2, -0.15) is 0 Å². The van der Waals surface area contributed by atoms with Crippen LogP contribution in [-0.4, -0.2) is 66.5 Å². The van der Waals surface area contributed by atoms with Gasteiger partial charge < -0.3 is 10.1 Å². The van der Waals surface area contributed by atoms with Crippen molar-refractivity contribution in [1.29, 1.82) is 0 Å². The van der Waals surface area contributed by atoms with E-state index in [4.69, 9.17) is 9.72 Å². The quantitative estimate of drug-likeness (QED) is 0.596. The van der Waals surface area contributed by atoms with Crippen molar-refractivity contribution in [2.24, 2.45) is 0 Å². The molecule has 0 aliphatic carbocycles. The minimum Gasteiger partial charge on any atom is -0.465 e. The molecule has 8 heteroatoms. The summed E-state index contributed by atoms with van der Waals surface area (Å²) >= 11 is 1.75. The summed E-state index contributed by atoms with van der Waals surface area (Å²) in [5.74, 6) is -0.496. The zero-order valence-corrected chi connectivity index (χ0v) is 18.6. The first-order valence-electron chi connectivity index (χ1n) is 10.3. The number of aryl methyl sites for hydroxylation is 1. The molecule has 2 aromatic carbocycles. The number of hydrogen-bond acceptors (Lipinski definition) is 7. The minimum atomic E-state index is -0.417. The van der Waals surface area contributed by atoms with Crippen molar-refractivity contribution in [3.05, 3.63) is 58.6 Å². The lowest BCUT2D eigenvalue weighted by atomic mass is 10.1. The summed E-state index contributed by atoms with van der Waals surface area (Å²) in [6, 6.07) is 13.4. The molecule has 1 fully saturated rings. The van der Waals surface area contributed by atoms with Crippen LogP contribution in [0.3, 0.4) is 0 Å². The molecule has 0 atom stereocenters. The number of anilines is 1. The van der Waals surface area contributed by atoms with Gasteiger partial charge in [0.15, 0.2) is 0 Å². The molecule has 0 spiro atoms. The van der Waals surface area contributed by atoms with Crippen molar-refractivity contribution in [2.75, 3.05) is 45.2 Å². The van der Waals surface area contributed by atoms with Crippen molar-refractivity contribution in [3.63, 3.8) is 0 Å². The van der Waals surface area contributed by atoms with Gasteiger partial charge in [0.05, 0.1) is 36.0 Å². The van der Waals surface area contributed by atoms with E-state index in [1.54, 1.807) is 23.5 Å². The Morgan fingerprint density at radius 3 is 2.58 bits per heavy atom. The highest BCUT2D eigenvalue weighted by molar-refractivity contribution is 7.18. The summed E-state index contributed by atoms with van der Waals surface area (Å²) in [4.78, 5) is 33.6. The third-order valence-electron chi connectivity index (χ3n) is 5.46. The summed E-state index contributed by atoms with van der Waals surface area (Å²) in [5.41, 5.74) is 3.03. The van der Waals surface area contributed by atoms with Crippen molar-refractivity contribution < 1.29 is 14.3 Å². The topological polar surface area (TPSA) is 74.8 Å². The molecule has 1 aliphatic rings. The van der Waals surface area contributed by atoms with E-state index in [0.29, 0.717) is 17.8 Å². The fourth-order valence-electron chi connectivity index (χ4n) is 3.68. The summed E-state index contributed by atoms with van der Waals surface area (Å²) < 4.78 is 5.98. The molecule has 3 aromatic rings. The van der Waals surface area contributed by atoms with Crippen molar-refractivity contribution >= 4 is 39.1 Å². The van der Waals surface area contributed by atoms with Crippen molar-refractivity contribution in [3.8, 4) is 0 Å². The normalized spacial score (nSPS) is 15.2. The highest BCUT2D eigenvalue weighted by Gasteiger charge is 2.20. The summed E-state index contributed by atoms with van der Waals surface area (Å²) in [7, 11) is 1.34. The number of aromatic nitrogens is 1. The lowest BCUT2D eigenvalue weighted by Crippen LogP contribution is -2.48. The van der Waals surface area contributed by atoms with E-state index in [0.717, 1.165) is 48.8 Å². The fraction of sp³-hybridized carbons (Fsp3) is 0.348. The van der Waals surface area contributed by atoms with Gasteiger partial charge in [0.25, 0.3) is 0 Å². The number of benzene rings is 2. The van der Waals surface area contributed by atoms with Crippen molar-refractivity contribution in [2.45, 2.75) is 13.5 Å². The highest BCUT2D eigenvalue weighted by atomic mass is 32.1. The molecule has 31 heavy (non-hydrogen) atoms. The zero-order chi connectivity index (χ0) is 21.8. The van der Waals surface area contributed by atoms with E-state index >= 15 is 0 Å². The lowest BCUT2D eigenvalue weighted by Gasteiger charge is -2.33. The number of carbonyl (C=O) groups excluding carboxylic acids is 2. The number of nitrogens with one attached hydrogen (secondary N) is 1. The summed E-state index contributed by atoms with van der Waals surface area (Å²) in [6.07, 6.45) is 0. The fourth-order valence-corrected chi connectivity index (χ4v) is 4.69. The van der Waals surface area contributed by atoms with E-state index in [1.165, 1.54) is 11.8 Å². The van der Waals surface area contributed by atoms with Crippen molar-refractivity contribution in [1.82, 2.24) is 14.8 Å². The third-order valence-corrected chi connectivity index (χ3v) is 6.48. The summed E-state index contributed by atoms with van der Waals surface area (Å²) in [5, 5.41) is 4.07. The number of fused-ring (bicyclic) bond motifs is 1. The number of methoxy groups -OCH3 is 1. The summed E-state index contributed by atoms with van der Waals surface area (Å²) in [6.45, 7) is 6.55. The molecule has 162 valence electrons. The SMILES string of the molecule is COC(=O)c1ccc(C)c(NC(=O)CN2CCN(Cc3nc4ccccc4s3)CC2)c1. The van der Waals surface area contributed by atoms with E-state index in [-0.39, 0.29) is 5.91 Å². The Kier molecular flexibility index (Phi) is 6.60. The Hall–Kier alpha value is -2.81. The van der Waals surface area contributed by atoms with Gasteiger partial charge in [-0.15, -0.1) is 11.3 Å². The van der Waals surface area contributed by atoms with Crippen LogP contribution in [-0.2, 0) is 16.1 Å². The van der Waals surface area contributed by atoms with Crippen LogP contribution in [0.2, 0.25) is 0 Å². The lowest BCUT2D eigenvalue weighted by molar-refractivity contribution is -0.117. The average Bonchev–Trinajstić information content (AvgIpc) is 3.18. The number of amides is 1. The molecule has 1 aromatic heterocycles. The Morgan fingerprint density at radius 1 is 1.10 bits per heavy atom. The number of rotatable bonds is 6. The molecule has 0 bridgehead atoms. The van der Waals surface area contributed by atoms with Crippen LogP contribution < -0.4 is 5.32 Å². The maximum atomic E-state index is 12.6. The molecular formula is C23H26N4O3S. The molecule has 2 heterocycles. The monoisotopic (exact) mass is 438 g/mol. The zero-order valence-electron chi connectivity index (χ0n) is 17.8. The number of carbonyl (C=O) groups is 2. The number of ether oxygens (including phenoxy) is 1. The molecule has 1 aliphatic heterocycles. The van der Waals surface area contributed by atoms with Crippen LogP contribution in [0.15, 0.2) is 42.5 Å². The van der Waals surface area contributed by atoms with Gasteiger partial charge in [0.1, 0.15) is 5.01 Å². The molecule has 0 saturated carbocycles. The van der Waals surface area contributed by atoms with Crippen LogP contribution >= 0.6 is 11.3 Å². The second-order valence-electron chi connectivity index (χ2n) is 7.70. The first kappa shape index (κ1) is 21.4. The second-order valence-corrected chi connectivity index (χ2v) is 8.81. The predicted octanol–water partition coefficient (Wildman–Crippen LogP) is 3.15. The van der Waals surface area contributed by atoms with Crippen LogP contribution in [0.5, 0.6) is 0 Å². The van der Waals surface area contributed by atoms with Gasteiger partial charge >= 0.3 is 5.97 Å². The molecule has 1 amide bonds. The van der Waals surface area contributed by atoms with Gasteiger partial charge in [0, 0.05) is 31.9 Å². The number of nitrogens with zero attached hydrogens (tertiary/aromatic N) is 3. The standard InChI is InChI=1S/C23H26N4O3S/c1-16-7-8-17(23(29)30-2)13-19(16)24-21(28)14-26-9-11-27(12-10-26)15-22-25-18-5-3-4-6-20(18)31-22/h3-8,13H,9-12,14-15H2,1-2H3,(H,24,28). The Bertz CT molecular complexity index is 1060. The Labute approximate surface area is 185 Å². The number of thiazole rings is 1. The molecule has 1 saturated heterocycles. The van der Waals surface area contributed by atoms with E-state index < -0.39 is 5.97 Å². The average molecular weight is 439 g/mol. The first-order valence-corrected chi connectivity index (χ1v) is 11.1. The van der Waals surface area contributed by atoms with Crippen LogP contribution in [0, 0.1) is 6.92 Å². The largest absolute Gasteiger partial charge is 0.465 e. The maximum absolute atomic E-state index is 12.6. The van der Waals surface area contributed by atoms with Crippen LogP contribution in [0.4, 0.5) is 5.69 Å². The molecule has 1 N–H and O–H groups in total. The first-order chi connectivity index (χ1) is 15.0. The molecule has 4 rings (SSSR count).